The molecule has 23 heavy (non-hydrogen) atoms. The third-order valence-corrected chi connectivity index (χ3v) is 4.48. The highest BCUT2D eigenvalue weighted by atomic mass is 79.9. The van der Waals surface area contributed by atoms with E-state index in [0.717, 1.165) is 12.1 Å². The zero-order chi connectivity index (χ0) is 17.4. The van der Waals surface area contributed by atoms with Crippen molar-refractivity contribution in [3.63, 3.8) is 0 Å². The van der Waals surface area contributed by atoms with Gasteiger partial charge in [-0.05, 0) is 30.3 Å². The topological polar surface area (TPSA) is 46.2 Å². The number of hydrogen-bond acceptors (Lipinski definition) is 2. The van der Waals surface area contributed by atoms with Crippen molar-refractivity contribution in [2.45, 2.75) is 11.1 Å². The standard InChI is InChI=1S/C13H7BrF5NO2S/c14-8-3-7(13(17,18)19)4-10(5-8)23(21,22)20-12-6-9(15)1-2-11(12)16/h1-6,20H. The first kappa shape index (κ1) is 17.7. The molecule has 0 aromatic heterocycles. The van der Waals surface area contributed by atoms with Gasteiger partial charge in [0, 0.05) is 10.5 Å². The molecule has 0 unspecified atom stereocenters. The largest absolute Gasteiger partial charge is 0.416 e. The minimum Gasteiger partial charge on any atom is -0.277 e. The van der Waals surface area contributed by atoms with Crippen LogP contribution in [0.15, 0.2) is 45.8 Å². The second kappa shape index (κ2) is 6.08. The van der Waals surface area contributed by atoms with Crippen LogP contribution in [-0.2, 0) is 16.2 Å². The van der Waals surface area contributed by atoms with Gasteiger partial charge in [0.15, 0.2) is 0 Å². The van der Waals surface area contributed by atoms with E-state index in [0.29, 0.717) is 24.3 Å². The van der Waals surface area contributed by atoms with Crippen molar-refractivity contribution >= 4 is 31.6 Å². The number of benzene rings is 2. The molecule has 0 saturated heterocycles. The van der Waals surface area contributed by atoms with Crippen molar-refractivity contribution in [1.29, 1.82) is 0 Å². The lowest BCUT2D eigenvalue weighted by Crippen LogP contribution is -2.16. The van der Waals surface area contributed by atoms with Crippen molar-refractivity contribution in [2.75, 3.05) is 4.72 Å². The highest BCUT2D eigenvalue weighted by Crippen LogP contribution is 2.33. The first-order valence-electron chi connectivity index (χ1n) is 5.85. The number of anilines is 1. The van der Waals surface area contributed by atoms with Gasteiger partial charge in [-0.25, -0.2) is 17.2 Å². The Kier molecular flexibility index (Phi) is 4.67. The Morgan fingerprint density at radius 3 is 2.26 bits per heavy atom. The maximum atomic E-state index is 13.5. The fourth-order valence-electron chi connectivity index (χ4n) is 1.66. The summed E-state index contributed by atoms with van der Waals surface area (Å²) in [5.41, 5.74) is -1.91. The molecule has 2 rings (SSSR count). The number of sulfonamides is 1. The second-order valence-electron chi connectivity index (χ2n) is 4.40. The highest BCUT2D eigenvalue weighted by Gasteiger charge is 2.32. The van der Waals surface area contributed by atoms with Crippen molar-refractivity contribution < 1.29 is 30.4 Å². The van der Waals surface area contributed by atoms with E-state index in [4.69, 9.17) is 0 Å². The summed E-state index contributed by atoms with van der Waals surface area (Å²) in [6.45, 7) is 0. The van der Waals surface area contributed by atoms with E-state index in [2.05, 4.69) is 15.9 Å². The van der Waals surface area contributed by atoms with Crippen LogP contribution >= 0.6 is 15.9 Å². The van der Waals surface area contributed by atoms with Crippen LogP contribution in [-0.4, -0.2) is 8.42 Å². The van der Waals surface area contributed by atoms with E-state index < -0.39 is 44.0 Å². The van der Waals surface area contributed by atoms with Crippen LogP contribution in [0, 0.1) is 11.6 Å². The monoisotopic (exact) mass is 415 g/mol. The SMILES string of the molecule is O=S(=O)(Nc1cc(F)ccc1F)c1cc(Br)cc(C(F)(F)F)c1. The lowest BCUT2D eigenvalue weighted by molar-refractivity contribution is -0.137. The summed E-state index contributed by atoms with van der Waals surface area (Å²) in [4.78, 5) is -0.747. The van der Waals surface area contributed by atoms with Gasteiger partial charge in [-0.15, -0.1) is 0 Å². The normalized spacial score (nSPS) is 12.3. The average molecular weight is 416 g/mol. The zero-order valence-electron chi connectivity index (χ0n) is 11.0. The smallest absolute Gasteiger partial charge is 0.277 e. The lowest BCUT2D eigenvalue weighted by atomic mass is 10.2. The molecule has 0 heterocycles. The number of rotatable bonds is 3. The summed E-state index contributed by atoms with van der Waals surface area (Å²) >= 11 is 2.78. The molecule has 124 valence electrons. The molecule has 2 aromatic carbocycles. The molecule has 0 saturated carbocycles. The summed E-state index contributed by atoms with van der Waals surface area (Å²) in [6.07, 6.45) is -4.77. The first-order valence-corrected chi connectivity index (χ1v) is 8.12. The van der Waals surface area contributed by atoms with Crippen molar-refractivity contribution in [1.82, 2.24) is 0 Å². The van der Waals surface area contributed by atoms with Crippen LogP contribution in [0.1, 0.15) is 5.56 Å². The van der Waals surface area contributed by atoms with Gasteiger partial charge in [0.25, 0.3) is 10.0 Å². The maximum Gasteiger partial charge on any atom is 0.416 e. The molecule has 0 radical (unpaired) electrons. The molecule has 0 bridgehead atoms. The molecule has 3 nitrogen and oxygen atoms in total. The third kappa shape index (κ3) is 4.20. The molecular formula is C13H7BrF5NO2S. The van der Waals surface area contributed by atoms with Crippen LogP contribution in [0.5, 0.6) is 0 Å². The van der Waals surface area contributed by atoms with Crippen LogP contribution in [0.4, 0.5) is 27.6 Å². The third-order valence-electron chi connectivity index (χ3n) is 2.68. The summed E-state index contributed by atoms with van der Waals surface area (Å²) in [7, 11) is -4.54. The van der Waals surface area contributed by atoms with Gasteiger partial charge < -0.3 is 0 Å². The van der Waals surface area contributed by atoms with Crippen LogP contribution in [0.2, 0.25) is 0 Å². The zero-order valence-corrected chi connectivity index (χ0v) is 13.4. The summed E-state index contributed by atoms with van der Waals surface area (Å²) in [6, 6.07) is 4.04. The molecule has 0 aliphatic heterocycles. The summed E-state index contributed by atoms with van der Waals surface area (Å²) in [5, 5.41) is 0. The Morgan fingerprint density at radius 1 is 1.00 bits per heavy atom. The molecule has 1 N–H and O–H groups in total. The molecule has 0 fully saturated rings. The van der Waals surface area contributed by atoms with Crippen LogP contribution in [0.25, 0.3) is 0 Å². The van der Waals surface area contributed by atoms with Gasteiger partial charge in [0.05, 0.1) is 16.1 Å². The Bertz CT molecular complexity index is 852. The molecule has 0 aliphatic rings. The molecule has 0 spiro atoms. The molecule has 0 atom stereocenters. The maximum absolute atomic E-state index is 13.5. The van der Waals surface area contributed by atoms with Gasteiger partial charge >= 0.3 is 6.18 Å². The molecule has 0 amide bonds. The fourth-order valence-corrected chi connectivity index (χ4v) is 3.43. The Balaban J connectivity index is 2.48. The van der Waals surface area contributed by atoms with Crippen LogP contribution in [0.3, 0.4) is 0 Å². The fraction of sp³-hybridized carbons (Fsp3) is 0.0769. The second-order valence-corrected chi connectivity index (χ2v) is 7.00. The van der Waals surface area contributed by atoms with E-state index >= 15 is 0 Å². The van der Waals surface area contributed by atoms with E-state index in [-0.39, 0.29) is 4.47 Å². The average Bonchev–Trinajstić information content (AvgIpc) is 2.41. The highest BCUT2D eigenvalue weighted by molar-refractivity contribution is 9.10. The quantitative estimate of drug-likeness (QED) is 0.747. The predicted molar refractivity (Wildman–Crippen MR) is 76.3 cm³/mol. The minimum absolute atomic E-state index is 0.132. The van der Waals surface area contributed by atoms with Crippen molar-refractivity contribution in [3.8, 4) is 0 Å². The number of hydrogen-bond donors (Lipinski definition) is 1. The van der Waals surface area contributed by atoms with Gasteiger partial charge in [0.2, 0.25) is 0 Å². The Labute approximate surface area is 136 Å². The van der Waals surface area contributed by atoms with Gasteiger partial charge in [-0.1, -0.05) is 15.9 Å². The van der Waals surface area contributed by atoms with Crippen molar-refractivity contribution in [3.05, 3.63) is 58.1 Å². The molecule has 2 aromatic rings. The minimum atomic E-state index is -4.77. The van der Waals surface area contributed by atoms with Gasteiger partial charge in [0.1, 0.15) is 11.6 Å². The summed E-state index contributed by atoms with van der Waals surface area (Å²) in [5.74, 6) is -1.98. The van der Waals surface area contributed by atoms with Gasteiger partial charge in [-0.3, -0.25) is 4.72 Å². The summed E-state index contributed by atoms with van der Waals surface area (Å²) < 4.78 is 90.5. The Hall–Kier alpha value is -1.68. The number of halogens is 6. The Morgan fingerprint density at radius 2 is 1.65 bits per heavy atom. The van der Waals surface area contributed by atoms with E-state index in [1.165, 1.54) is 0 Å². The number of nitrogens with one attached hydrogen (secondary N) is 1. The first-order chi connectivity index (χ1) is 10.5. The van der Waals surface area contributed by atoms with E-state index in [1.807, 2.05) is 0 Å². The molecule has 0 aliphatic carbocycles. The number of alkyl halides is 3. The lowest BCUT2D eigenvalue weighted by Gasteiger charge is -2.12. The molecule has 10 heteroatoms. The van der Waals surface area contributed by atoms with Gasteiger partial charge in [-0.2, -0.15) is 13.2 Å². The molecular weight excluding hydrogens is 409 g/mol. The van der Waals surface area contributed by atoms with Crippen LogP contribution < -0.4 is 4.72 Å². The van der Waals surface area contributed by atoms with Crippen molar-refractivity contribution in [2.24, 2.45) is 0 Å². The van der Waals surface area contributed by atoms with E-state index in [1.54, 1.807) is 4.72 Å². The predicted octanol–water partition coefficient (Wildman–Crippen LogP) is 4.55. The van der Waals surface area contributed by atoms with E-state index in [9.17, 15) is 30.4 Å².